The van der Waals surface area contributed by atoms with Crippen LogP contribution >= 0.6 is 0 Å². The second-order valence-corrected chi connectivity index (χ2v) is 10.2. The van der Waals surface area contributed by atoms with Crippen LogP contribution in [0.25, 0.3) is 22.2 Å². The van der Waals surface area contributed by atoms with E-state index in [9.17, 15) is 4.79 Å². The Morgan fingerprint density at radius 1 is 1.09 bits per heavy atom. The molecule has 0 bridgehead atoms. The minimum absolute atomic E-state index is 0.0840. The SMILES string of the molecule is Cc1[nH]nc2nc(C(C)(C)C)cc(-c3ccc(NC(=O)C4(C5=CC=CC=CC5)CC4)cc3)c12. The normalized spacial score (nSPS) is 17.0. The number of hydrogen-bond donors (Lipinski definition) is 2. The zero-order valence-corrected chi connectivity index (χ0v) is 19.7. The molecule has 0 spiro atoms. The minimum atomic E-state index is -0.357. The van der Waals surface area contributed by atoms with Gasteiger partial charge in [-0.2, -0.15) is 5.10 Å². The summed E-state index contributed by atoms with van der Waals surface area (Å²) in [4.78, 5) is 18.0. The van der Waals surface area contributed by atoms with Crippen LogP contribution in [0.1, 0.15) is 51.4 Å². The second kappa shape index (κ2) is 7.84. The molecule has 1 fully saturated rings. The summed E-state index contributed by atoms with van der Waals surface area (Å²) in [6, 6.07) is 10.3. The first-order chi connectivity index (χ1) is 15.8. The Kier molecular flexibility index (Phi) is 5.08. The van der Waals surface area contributed by atoms with E-state index in [0.29, 0.717) is 0 Å². The van der Waals surface area contributed by atoms with Gasteiger partial charge in [0.15, 0.2) is 5.65 Å². The summed E-state index contributed by atoms with van der Waals surface area (Å²) in [5.74, 6) is 0.0946. The van der Waals surface area contributed by atoms with Crippen LogP contribution in [0.3, 0.4) is 0 Å². The van der Waals surface area contributed by atoms with Crippen LogP contribution < -0.4 is 5.32 Å². The molecule has 2 heterocycles. The van der Waals surface area contributed by atoms with E-state index in [0.717, 1.165) is 58.5 Å². The van der Waals surface area contributed by atoms with Gasteiger partial charge in [-0.05, 0) is 55.5 Å². The molecule has 2 aliphatic rings. The number of allylic oxidation sites excluding steroid dienone is 5. The maximum atomic E-state index is 13.2. The summed E-state index contributed by atoms with van der Waals surface area (Å²) in [6.45, 7) is 8.50. The van der Waals surface area contributed by atoms with Gasteiger partial charge in [-0.25, -0.2) is 4.98 Å². The Bertz CT molecular complexity index is 1310. The average molecular weight is 439 g/mol. The third kappa shape index (κ3) is 3.92. The lowest BCUT2D eigenvalue weighted by atomic mass is 9.89. The molecular formula is C28H30N4O. The molecule has 3 aromatic rings. The van der Waals surface area contributed by atoms with E-state index in [4.69, 9.17) is 4.98 Å². The summed E-state index contributed by atoms with van der Waals surface area (Å²) in [5.41, 5.74) is 6.51. The van der Waals surface area contributed by atoms with Gasteiger partial charge < -0.3 is 5.32 Å². The summed E-state index contributed by atoms with van der Waals surface area (Å²) in [5, 5.41) is 11.7. The zero-order valence-electron chi connectivity index (χ0n) is 19.7. The molecule has 0 saturated heterocycles. The molecule has 1 aromatic carbocycles. The van der Waals surface area contributed by atoms with Crippen LogP contribution in [-0.2, 0) is 10.2 Å². The highest BCUT2D eigenvalue weighted by molar-refractivity contribution is 6.00. The van der Waals surface area contributed by atoms with Gasteiger partial charge in [0.25, 0.3) is 0 Å². The molecular weight excluding hydrogens is 408 g/mol. The predicted molar refractivity (Wildman–Crippen MR) is 134 cm³/mol. The summed E-state index contributed by atoms with van der Waals surface area (Å²) < 4.78 is 0. The van der Waals surface area contributed by atoms with Crippen molar-refractivity contribution in [1.29, 1.82) is 0 Å². The first kappa shape index (κ1) is 21.4. The fraction of sp³-hybridized carbons (Fsp3) is 0.321. The highest BCUT2D eigenvalue weighted by Crippen LogP contribution is 2.54. The topological polar surface area (TPSA) is 70.7 Å². The van der Waals surface area contributed by atoms with Crippen molar-refractivity contribution in [2.45, 2.75) is 52.4 Å². The van der Waals surface area contributed by atoms with Gasteiger partial charge in [-0.1, -0.05) is 68.9 Å². The molecule has 33 heavy (non-hydrogen) atoms. The number of hydrogen-bond acceptors (Lipinski definition) is 3. The lowest BCUT2D eigenvalue weighted by Gasteiger charge is -2.19. The minimum Gasteiger partial charge on any atom is -0.325 e. The van der Waals surface area contributed by atoms with Crippen LogP contribution in [0.4, 0.5) is 5.69 Å². The number of fused-ring (bicyclic) bond motifs is 1. The number of aromatic amines is 1. The number of aryl methyl sites for hydroxylation is 1. The number of aromatic nitrogens is 3. The van der Waals surface area contributed by atoms with E-state index in [2.05, 4.69) is 66.6 Å². The number of amides is 1. The van der Waals surface area contributed by atoms with Crippen LogP contribution in [-0.4, -0.2) is 21.1 Å². The summed E-state index contributed by atoms with van der Waals surface area (Å²) in [7, 11) is 0. The lowest BCUT2D eigenvalue weighted by molar-refractivity contribution is -0.119. The molecule has 5 heteroatoms. The average Bonchev–Trinajstić information content (AvgIpc) is 3.56. The quantitative estimate of drug-likeness (QED) is 0.496. The highest BCUT2D eigenvalue weighted by atomic mass is 16.2. The molecule has 2 aromatic heterocycles. The van der Waals surface area contributed by atoms with E-state index in [1.165, 1.54) is 5.57 Å². The molecule has 0 atom stereocenters. The number of carbonyl (C=O) groups excluding carboxylic acids is 1. The van der Waals surface area contributed by atoms with Crippen molar-refractivity contribution in [2.24, 2.45) is 5.41 Å². The van der Waals surface area contributed by atoms with Gasteiger partial charge in [0.1, 0.15) is 0 Å². The van der Waals surface area contributed by atoms with Gasteiger partial charge in [-0.3, -0.25) is 9.89 Å². The molecule has 5 nitrogen and oxygen atoms in total. The highest BCUT2D eigenvalue weighted by Gasteiger charge is 2.52. The van der Waals surface area contributed by atoms with E-state index in [1.807, 2.05) is 37.3 Å². The molecule has 1 saturated carbocycles. The van der Waals surface area contributed by atoms with Gasteiger partial charge in [0.05, 0.1) is 5.41 Å². The Labute approximate surface area is 194 Å². The number of anilines is 1. The van der Waals surface area contributed by atoms with Crippen molar-refractivity contribution in [3.8, 4) is 11.1 Å². The molecule has 5 rings (SSSR count). The lowest BCUT2D eigenvalue weighted by Crippen LogP contribution is -2.26. The van der Waals surface area contributed by atoms with E-state index in [-0.39, 0.29) is 16.7 Å². The van der Waals surface area contributed by atoms with Crippen LogP contribution in [0.2, 0.25) is 0 Å². The van der Waals surface area contributed by atoms with E-state index < -0.39 is 0 Å². The number of benzene rings is 1. The third-order valence-electron chi connectivity index (χ3n) is 6.72. The molecule has 0 unspecified atom stereocenters. The Morgan fingerprint density at radius 3 is 2.55 bits per heavy atom. The van der Waals surface area contributed by atoms with Gasteiger partial charge in [0, 0.05) is 27.9 Å². The van der Waals surface area contributed by atoms with Crippen molar-refractivity contribution in [2.75, 3.05) is 5.32 Å². The van der Waals surface area contributed by atoms with E-state index in [1.54, 1.807) is 0 Å². The van der Waals surface area contributed by atoms with Gasteiger partial charge >= 0.3 is 0 Å². The number of carbonyl (C=O) groups is 1. The molecule has 168 valence electrons. The van der Waals surface area contributed by atoms with Gasteiger partial charge in [-0.15, -0.1) is 0 Å². The smallest absolute Gasteiger partial charge is 0.234 e. The van der Waals surface area contributed by atoms with Crippen molar-refractivity contribution in [1.82, 2.24) is 15.2 Å². The number of H-pyrrole nitrogens is 1. The fourth-order valence-corrected chi connectivity index (χ4v) is 4.52. The number of nitrogens with zero attached hydrogens (tertiary/aromatic N) is 2. The standard InChI is InChI=1S/C28H30N4O/c1-18-24-22(17-23(27(2,3)4)30-25(24)32-31-18)19-11-13-21(14-12-19)29-26(33)28(15-16-28)20-9-7-5-6-8-10-20/h5-9,11-14,17H,10,15-16H2,1-4H3,(H,29,33)(H,30,31,32). The summed E-state index contributed by atoms with van der Waals surface area (Å²) >= 11 is 0. The largest absolute Gasteiger partial charge is 0.325 e. The van der Waals surface area contributed by atoms with E-state index >= 15 is 0 Å². The first-order valence-electron chi connectivity index (χ1n) is 11.6. The monoisotopic (exact) mass is 438 g/mol. The van der Waals surface area contributed by atoms with Crippen molar-refractivity contribution in [3.05, 3.63) is 77.7 Å². The zero-order chi connectivity index (χ0) is 23.2. The Balaban J connectivity index is 1.43. The predicted octanol–water partition coefficient (Wildman–Crippen LogP) is 6.39. The Hall–Kier alpha value is -3.47. The number of pyridine rings is 1. The van der Waals surface area contributed by atoms with Crippen molar-refractivity contribution < 1.29 is 4.79 Å². The number of rotatable bonds is 4. The number of nitrogens with one attached hydrogen (secondary N) is 2. The second-order valence-electron chi connectivity index (χ2n) is 10.2. The first-order valence-corrected chi connectivity index (χ1v) is 11.6. The maximum Gasteiger partial charge on any atom is 0.234 e. The molecule has 1 amide bonds. The summed E-state index contributed by atoms with van der Waals surface area (Å²) in [6.07, 6.45) is 13.0. The maximum absolute atomic E-state index is 13.2. The third-order valence-corrected chi connectivity index (χ3v) is 6.72. The molecule has 0 aliphatic heterocycles. The van der Waals surface area contributed by atoms with Crippen molar-refractivity contribution in [3.63, 3.8) is 0 Å². The molecule has 0 radical (unpaired) electrons. The molecule has 2 N–H and O–H groups in total. The van der Waals surface area contributed by atoms with Gasteiger partial charge in [0.2, 0.25) is 5.91 Å². The fourth-order valence-electron chi connectivity index (χ4n) is 4.52. The Morgan fingerprint density at radius 2 is 1.85 bits per heavy atom. The molecule has 2 aliphatic carbocycles. The van der Waals surface area contributed by atoms with Crippen LogP contribution in [0.15, 0.2) is 66.3 Å². The van der Waals surface area contributed by atoms with Crippen LogP contribution in [0, 0.1) is 12.3 Å². The van der Waals surface area contributed by atoms with Crippen LogP contribution in [0.5, 0.6) is 0 Å². The van der Waals surface area contributed by atoms with Crippen molar-refractivity contribution >= 4 is 22.6 Å².